The van der Waals surface area contributed by atoms with E-state index >= 15 is 9.18 Å². The van der Waals surface area contributed by atoms with Crippen LogP contribution in [-0.2, 0) is 24.6 Å². The van der Waals surface area contributed by atoms with Crippen LogP contribution in [0.2, 0.25) is 0 Å². The standard InChI is InChI=1S/C39H31FN4O7/c1-21-13-15-23(16-14-21)41-43-36(47)30-20-29-26(17-18-27-32(29)37(48)42(35(27)46)24-9-5-10-25(19-24)44(50)51)33(28-11-6-12-31(40)34(28)45)39(30,38(43)49)22-7-3-2-4-8-22/h2-17,19,27,29-30,32-33,41,45H,18,20H2,1H3. The van der Waals surface area contributed by atoms with Gasteiger partial charge in [-0.25, -0.2) is 9.29 Å². The number of phenols is 1. The Bertz CT molecular complexity index is 2190. The summed E-state index contributed by atoms with van der Waals surface area (Å²) in [5.41, 5.74) is 3.63. The number of carbonyl (C=O) groups is 4. The van der Waals surface area contributed by atoms with E-state index in [4.69, 9.17) is 0 Å². The van der Waals surface area contributed by atoms with Crippen LogP contribution >= 0.6 is 0 Å². The topological polar surface area (TPSA) is 150 Å². The molecule has 2 aliphatic carbocycles. The summed E-state index contributed by atoms with van der Waals surface area (Å²) in [5.74, 6) is -8.69. The average molecular weight is 687 g/mol. The number of allylic oxidation sites excluding steroid dienone is 2. The molecule has 0 spiro atoms. The van der Waals surface area contributed by atoms with Gasteiger partial charge in [-0.05, 0) is 55.5 Å². The molecule has 4 aromatic rings. The first-order chi connectivity index (χ1) is 24.5. The van der Waals surface area contributed by atoms with Gasteiger partial charge in [-0.15, -0.1) is 0 Å². The number of hydrogen-bond acceptors (Lipinski definition) is 8. The van der Waals surface area contributed by atoms with Gasteiger partial charge >= 0.3 is 0 Å². The molecule has 6 unspecified atom stereocenters. The molecule has 256 valence electrons. The van der Waals surface area contributed by atoms with Crippen molar-refractivity contribution in [3.8, 4) is 5.75 Å². The number of para-hydroxylation sites is 1. The number of nitro groups is 1. The smallest absolute Gasteiger partial charge is 0.271 e. The summed E-state index contributed by atoms with van der Waals surface area (Å²) in [6.45, 7) is 1.91. The number of halogens is 1. The number of hydrogen-bond donors (Lipinski definition) is 2. The number of nitrogens with one attached hydrogen (secondary N) is 1. The third-order valence-corrected chi connectivity index (χ3v) is 11.0. The highest BCUT2D eigenvalue weighted by atomic mass is 19.1. The second-order valence-electron chi connectivity index (χ2n) is 13.6. The fourth-order valence-corrected chi connectivity index (χ4v) is 8.86. The van der Waals surface area contributed by atoms with Crippen molar-refractivity contribution in [3.63, 3.8) is 0 Å². The molecule has 11 nitrogen and oxygen atoms in total. The number of aromatic hydroxyl groups is 1. The predicted molar refractivity (Wildman–Crippen MR) is 182 cm³/mol. The van der Waals surface area contributed by atoms with Gasteiger partial charge in [0.25, 0.3) is 17.5 Å². The first kappa shape index (κ1) is 32.1. The molecule has 4 amide bonds. The lowest BCUT2D eigenvalue weighted by molar-refractivity contribution is -0.384. The van der Waals surface area contributed by atoms with Crippen molar-refractivity contribution >= 4 is 40.7 Å². The number of amides is 4. The number of phenolic OH excluding ortho intramolecular Hbond substituents is 1. The summed E-state index contributed by atoms with van der Waals surface area (Å²) in [6.07, 6.45) is 1.87. The Morgan fingerprint density at radius 1 is 0.882 bits per heavy atom. The predicted octanol–water partition coefficient (Wildman–Crippen LogP) is 5.94. The quantitative estimate of drug-likeness (QED) is 0.110. The average Bonchev–Trinajstić information content (AvgIpc) is 3.51. The van der Waals surface area contributed by atoms with Crippen LogP contribution in [0.5, 0.6) is 5.75 Å². The number of nitro benzene ring substituents is 1. The zero-order valence-corrected chi connectivity index (χ0v) is 27.2. The molecule has 4 aliphatic rings. The van der Waals surface area contributed by atoms with Crippen LogP contribution in [0.1, 0.15) is 35.4 Å². The molecule has 2 N–H and O–H groups in total. The fraction of sp³-hybridized carbons (Fsp3) is 0.231. The number of hydrazine groups is 1. The van der Waals surface area contributed by atoms with E-state index in [-0.39, 0.29) is 29.8 Å². The molecule has 3 fully saturated rings. The molecule has 12 heteroatoms. The maximum atomic E-state index is 15.3. The molecular formula is C39H31FN4O7. The van der Waals surface area contributed by atoms with Gasteiger partial charge < -0.3 is 5.11 Å². The zero-order valence-electron chi connectivity index (χ0n) is 27.2. The summed E-state index contributed by atoms with van der Waals surface area (Å²) in [5, 5.41) is 23.9. The van der Waals surface area contributed by atoms with E-state index in [9.17, 15) is 29.6 Å². The van der Waals surface area contributed by atoms with Crippen molar-refractivity contribution < 1.29 is 33.6 Å². The molecule has 6 atom stereocenters. The molecular weight excluding hydrogens is 655 g/mol. The lowest BCUT2D eigenvalue weighted by atomic mass is 9.49. The lowest BCUT2D eigenvalue weighted by Crippen LogP contribution is -2.53. The van der Waals surface area contributed by atoms with E-state index in [1.165, 1.54) is 36.4 Å². The van der Waals surface area contributed by atoms with Crippen molar-refractivity contribution in [2.45, 2.75) is 31.1 Å². The number of anilines is 2. The summed E-state index contributed by atoms with van der Waals surface area (Å²) >= 11 is 0. The summed E-state index contributed by atoms with van der Waals surface area (Å²) in [6, 6.07) is 25.2. The first-order valence-electron chi connectivity index (χ1n) is 16.6. The Labute approximate surface area is 291 Å². The molecule has 1 saturated carbocycles. The summed E-state index contributed by atoms with van der Waals surface area (Å²) < 4.78 is 15.3. The molecule has 4 aromatic carbocycles. The number of aryl methyl sites for hydroxylation is 1. The maximum Gasteiger partial charge on any atom is 0.271 e. The van der Waals surface area contributed by atoms with E-state index < -0.39 is 75.1 Å². The highest BCUT2D eigenvalue weighted by molar-refractivity contribution is 6.22. The minimum atomic E-state index is -1.68. The van der Waals surface area contributed by atoms with Crippen molar-refractivity contribution in [3.05, 3.63) is 141 Å². The minimum absolute atomic E-state index is 0.00702. The maximum absolute atomic E-state index is 15.3. The van der Waals surface area contributed by atoms with Crippen LogP contribution in [0.25, 0.3) is 0 Å². The molecule has 51 heavy (non-hydrogen) atoms. The van der Waals surface area contributed by atoms with Gasteiger partial charge in [-0.1, -0.05) is 77.9 Å². The van der Waals surface area contributed by atoms with Crippen LogP contribution in [-0.4, -0.2) is 38.7 Å². The SMILES string of the molecule is Cc1ccc(NN2C(=O)C3CC4C(=CCC5C(=O)N(c6cccc([N+](=O)[O-])c6)C(=O)C54)C(c4cccc(F)c4O)C3(c3ccccc3)C2=O)cc1. The van der Waals surface area contributed by atoms with Crippen molar-refractivity contribution in [1.29, 1.82) is 0 Å². The van der Waals surface area contributed by atoms with Gasteiger partial charge in [-0.2, -0.15) is 5.01 Å². The Hall–Kier alpha value is -6.17. The third kappa shape index (κ3) is 4.62. The summed E-state index contributed by atoms with van der Waals surface area (Å²) in [4.78, 5) is 70.1. The number of non-ortho nitro benzene ring substituents is 1. The molecule has 2 heterocycles. The van der Waals surface area contributed by atoms with Gasteiger partial charge in [0.2, 0.25) is 11.8 Å². The number of rotatable bonds is 6. The van der Waals surface area contributed by atoms with E-state index in [0.29, 0.717) is 16.8 Å². The zero-order chi connectivity index (χ0) is 35.8. The lowest BCUT2D eigenvalue weighted by Gasteiger charge is -2.50. The summed E-state index contributed by atoms with van der Waals surface area (Å²) in [7, 11) is 0. The Morgan fingerprint density at radius 3 is 2.33 bits per heavy atom. The number of nitrogens with zero attached hydrogens (tertiary/aromatic N) is 3. The molecule has 0 aromatic heterocycles. The normalized spacial score (nSPS) is 26.8. The van der Waals surface area contributed by atoms with E-state index in [1.807, 2.05) is 19.1 Å². The Morgan fingerprint density at radius 2 is 1.61 bits per heavy atom. The monoisotopic (exact) mass is 686 g/mol. The van der Waals surface area contributed by atoms with Crippen LogP contribution in [0.4, 0.5) is 21.5 Å². The number of fused-ring (bicyclic) bond motifs is 4. The number of carbonyl (C=O) groups excluding carboxylic acids is 4. The molecule has 0 radical (unpaired) electrons. The Balaban J connectivity index is 1.31. The van der Waals surface area contributed by atoms with E-state index in [2.05, 4.69) is 5.43 Å². The Kier molecular flexibility index (Phi) is 7.37. The second kappa shape index (κ2) is 11.7. The largest absolute Gasteiger partial charge is 0.505 e. The van der Waals surface area contributed by atoms with Crippen LogP contribution in [0, 0.1) is 46.5 Å². The van der Waals surface area contributed by atoms with E-state index in [1.54, 1.807) is 48.5 Å². The van der Waals surface area contributed by atoms with Gasteiger partial charge in [-0.3, -0.25) is 34.7 Å². The fourth-order valence-electron chi connectivity index (χ4n) is 8.86. The molecule has 2 aliphatic heterocycles. The second-order valence-corrected chi connectivity index (χ2v) is 13.6. The van der Waals surface area contributed by atoms with Crippen molar-refractivity contribution in [2.24, 2.45) is 23.7 Å². The van der Waals surface area contributed by atoms with Crippen LogP contribution < -0.4 is 10.3 Å². The van der Waals surface area contributed by atoms with Gasteiger partial charge in [0, 0.05) is 23.6 Å². The molecule has 8 rings (SSSR count). The van der Waals surface area contributed by atoms with Crippen LogP contribution in [0.3, 0.4) is 0 Å². The molecule has 0 bridgehead atoms. The van der Waals surface area contributed by atoms with Crippen molar-refractivity contribution in [1.82, 2.24) is 5.01 Å². The van der Waals surface area contributed by atoms with Crippen LogP contribution in [0.15, 0.2) is 109 Å². The van der Waals surface area contributed by atoms with Gasteiger partial charge in [0.05, 0.1) is 39.5 Å². The first-order valence-corrected chi connectivity index (χ1v) is 16.6. The minimum Gasteiger partial charge on any atom is -0.505 e. The highest BCUT2D eigenvalue weighted by Gasteiger charge is 2.70. The van der Waals surface area contributed by atoms with Gasteiger partial charge in [0.15, 0.2) is 11.6 Å². The third-order valence-electron chi connectivity index (χ3n) is 11.0. The van der Waals surface area contributed by atoms with Crippen molar-refractivity contribution in [2.75, 3.05) is 10.3 Å². The van der Waals surface area contributed by atoms with Gasteiger partial charge in [0.1, 0.15) is 0 Å². The molecule has 2 saturated heterocycles. The number of imide groups is 2. The highest BCUT2D eigenvalue weighted by Crippen LogP contribution is 2.65. The number of benzene rings is 4. The van der Waals surface area contributed by atoms with E-state index in [0.717, 1.165) is 21.5 Å².